The minimum atomic E-state index is -0.178. The van der Waals surface area contributed by atoms with Gasteiger partial charge >= 0.3 is 0 Å². The summed E-state index contributed by atoms with van der Waals surface area (Å²) in [5.41, 5.74) is 13.1. The number of hydrogen-bond donors (Lipinski definition) is 0. The highest BCUT2D eigenvalue weighted by Gasteiger charge is 2.40. The first-order valence-electron chi connectivity index (χ1n) is 19.6. The number of benzene rings is 10. The van der Waals surface area contributed by atoms with Gasteiger partial charge in [-0.2, -0.15) is 0 Å². The molecule has 1 aliphatic carbocycles. The van der Waals surface area contributed by atoms with E-state index in [1.807, 2.05) is 11.3 Å². The molecule has 0 radical (unpaired) electrons. The maximum atomic E-state index is 2.43. The molecule has 10 aromatic carbocycles. The lowest BCUT2D eigenvalue weighted by Gasteiger charge is -2.26. The SMILES string of the molecule is CC1(C)c2c(-c3ccc(-c4c5ccccc5c(-c5cccc6c5sc5ccccc56)c5ccccc45)cc3)cccc2-c2c1c1ccccc1c1ccccc21. The number of rotatable bonds is 3. The monoisotopic (exact) mass is 728 g/mol. The van der Waals surface area contributed by atoms with Crippen LogP contribution in [0.1, 0.15) is 25.0 Å². The minimum Gasteiger partial charge on any atom is -0.135 e. The summed E-state index contributed by atoms with van der Waals surface area (Å²) in [6, 6.07) is 68.0. The fraction of sp³-hybridized carbons (Fsp3) is 0.0545. The highest BCUT2D eigenvalue weighted by atomic mass is 32.1. The second-order valence-corrected chi connectivity index (χ2v) is 16.9. The van der Waals surface area contributed by atoms with Crippen molar-refractivity contribution >= 4 is 74.6 Å². The fourth-order valence-electron chi connectivity index (χ4n) is 10.4. The molecule has 0 fully saturated rings. The first-order chi connectivity index (χ1) is 27.6. The Morgan fingerprint density at radius 2 is 0.750 bits per heavy atom. The highest BCUT2D eigenvalue weighted by Crippen LogP contribution is 2.57. The summed E-state index contributed by atoms with van der Waals surface area (Å²) >= 11 is 1.91. The molecule has 0 amide bonds. The van der Waals surface area contributed by atoms with Crippen LogP contribution in [-0.4, -0.2) is 0 Å². The average molecular weight is 729 g/mol. The van der Waals surface area contributed by atoms with Crippen molar-refractivity contribution in [3.05, 3.63) is 193 Å². The maximum absolute atomic E-state index is 2.43. The van der Waals surface area contributed by atoms with Crippen LogP contribution in [0.25, 0.3) is 108 Å². The van der Waals surface area contributed by atoms with E-state index in [4.69, 9.17) is 0 Å². The Morgan fingerprint density at radius 3 is 1.41 bits per heavy atom. The van der Waals surface area contributed by atoms with Gasteiger partial charge in [0.1, 0.15) is 0 Å². The van der Waals surface area contributed by atoms with Gasteiger partial charge in [0.25, 0.3) is 0 Å². The van der Waals surface area contributed by atoms with Crippen molar-refractivity contribution in [2.24, 2.45) is 0 Å². The smallest absolute Gasteiger partial charge is 0.0434 e. The first kappa shape index (κ1) is 31.8. The van der Waals surface area contributed by atoms with E-state index in [9.17, 15) is 0 Å². The van der Waals surface area contributed by atoms with E-state index < -0.39 is 0 Å². The van der Waals surface area contributed by atoms with Gasteiger partial charge in [-0.05, 0) is 99.2 Å². The van der Waals surface area contributed by atoms with Crippen molar-refractivity contribution in [1.29, 1.82) is 0 Å². The Bertz CT molecular complexity index is 3370. The molecule has 262 valence electrons. The Balaban J connectivity index is 1.05. The summed E-state index contributed by atoms with van der Waals surface area (Å²) in [6.07, 6.45) is 0. The summed E-state index contributed by atoms with van der Waals surface area (Å²) in [7, 11) is 0. The summed E-state index contributed by atoms with van der Waals surface area (Å²) < 4.78 is 2.68. The van der Waals surface area contributed by atoms with Crippen LogP contribution in [0, 0.1) is 0 Å². The van der Waals surface area contributed by atoms with E-state index in [1.54, 1.807) is 0 Å². The first-order valence-corrected chi connectivity index (χ1v) is 20.4. The van der Waals surface area contributed by atoms with Crippen molar-refractivity contribution in [1.82, 2.24) is 0 Å². The van der Waals surface area contributed by atoms with Crippen LogP contribution >= 0.6 is 11.3 Å². The van der Waals surface area contributed by atoms with Crippen LogP contribution in [0.4, 0.5) is 0 Å². The predicted octanol–water partition coefficient (Wildman–Crippen LogP) is 16.0. The fourth-order valence-corrected chi connectivity index (χ4v) is 11.6. The Hall–Kier alpha value is -6.54. The third-order valence-electron chi connectivity index (χ3n) is 12.6. The van der Waals surface area contributed by atoms with Crippen LogP contribution in [0.3, 0.4) is 0 Å². The third kappa shape index (κ3) is 4.29. The van der Waals surface area contributed by atoms with E-state index in [2.05, 4.69) is 196 Å². The lowest BCUT2D eigenvalue weighted by atomic mass is 9.76. The summed E-state index contributed by atoms with van der Waals surface area (Å²) in [5, 5.41) is 13.1. The third-order valence-corrected chi connectivity index (χ3v) is 13.8. The quantitative estimate of drug-likeness (QED) is 0.126. The number of fused-ring (bicyclic) bond motifs is 13. The standard InChI is InChI=1S/C55H36S/c1-55(2)52-35(24-13-26-46(52)51-39-18-5-3-15-36(39)37-16-4-10-23-44(37)53(51)55)33-29-31-34(32-30-33)49-40-19-6-8-21-42(40)50(43-22-9-7-20-41(43)49)47-27-14-25-45-38-17-11-12-28-48(38)56-54(45)47/h3-32H,1-2H3. The van der Waals surface area contributed by atoms with Crippen molar-refractivity contribution < 1.29 is 0 Å². The van der Waals surface area contributed by atoms with Crippen LogP contribution in [0.15, 0.2) is 182 Å². The molecule has 1 heterocycles. The van der Waals surface area contributed by atoms with E-state index in [0.29, 0.717) is 0 Å². The molecule has 1 heteroatoms. The summed E-state index contributed by atoms with van der Waals surface area (Å²) in [4.78, 5) is 0. The average Bonchev–Trinajstić information content (AvgIpc) is 3.75. The van der Waals surface area contributed by atoms with E-state index in [1.165, 1.54) is 119 Å². The van der Waals surface area contributed by atoms with Gasteiger partial charge in [-0.3, -0.25) is 0 Å². The molecule has 56 heavy (non-hydrogen) atoms. The Morgan fingerprint density at radius 1 is 0.304 bits per heavy atom. The molecule has 0 aliphatic heterocycles. The normalized spacial score (nSPS) is 13.3. The molecule has 11 aromatic rings. The second-order valence-electron chi connectivity index (χ2n) is 15.9. The summed E-state index contributed by atoms with van der Waals surface area (Å²) in [5.74, 6) is 0. The summed E-state index contributed by atoms with van der Waals surface area (Å²) in [6.45, 7) is 4.85. The van der Waals surface area contributed by atoms with Gasteiger partial charge in [0.05, 0.1) is 0 Å². The zero-order chi connectivity index (χ0) is 37.1. The van der Waals surface area contributed by atoms with Gasteiger partial charge in [0.15, 0.2) is 0 Å². The molecule has 1 aliphatic rings. The Kier molecular flexibility index (Phi) is 6.66. The molecule has 0 saturated carbocycles. The van der Waals surface area contributed by atoms with Crippen LogP contribution in [-0.2, 0) is 5.41 Å². The van der Waals surface area contributed by atoms with Gasteiger partial charge in [-0.1, -0.05) is 190 Å². The van der Waals surface area contributed by atoms with Gasteiger partial charge < -0.3 is 0 Å². The molecule has 0 spiro atoms. The predicted molar refractivity (Wildman–Crippen MR) is 243 cm³/mol. The van der Waals surface area contributed by atoms with Gasteiger partial charge in [0.2, 0.25) is 0 Å². The topological polar surface area (TPSA) is 0 Å². The van der Waals surface area contributed by atoms with Crippen molar-refractivity contribution in [2.75, 3.05) is 0 Å². The van der Waals surface area contributed by atoms with Crippen molar-refractivity contribution in [2.45, 2.75) is 19.3 Å². The van der Waals surface area contributed by atoms with Crippen LogP contribution in [0.2, 0.25) is 0 Å². The van der Waals surface area contributed by atoms with Crippen LogP contribution < -0.4 is 0 Å². The molecule has 12 rings (SSSR count). The van der Waals surface area contributed by atoms with E-state index in [-0.39, 0.29) is 5.41 Å². The molecular weight excluding hydrogens is 693 g/mol. The molecule has 1 aromatic heterocycles. The minimum absolute atomic E-state index is 0.178. The largest absolute Gasteiger partial charge is 0.135 e. The second kappa shape index (κ2) is 11.7. The molecule has 0 bridgehead atoms. The number of thiophene rings is 1. The zero-order valence-electron chi connectivity index (χ0n) is 31.2. The molecular formula is C55H36S. The molecule has 0 unspecified atom stereocenters. The van der Waals surface area contributed by atoms with E-state index >= 15 is 0 Å². The zero-order valence-corrected chi connectivity index (χ0v) is 32.0. The molecule has 0 atom stereocenters. The lowest BCUT2D eigenvalue weighted by molar-refractivity contribution is 0.668. The van der Waals surface area contributed by atoms with Crippen molar-refractivity contribution in [3.63, 3.8) is 0 Å². The Labute approximate surface area is 329 Å². The van der Waals surface area contributed by atoms with Gasteiger partial charge in [-0.15, -0.1) is 11.3 Å². The highest BCUT2D eigenvalue weighted by molar-refractivity contribution is 7.26. The van der Waals surface area contributed by atoms with E-state index in [0.717, 1.165) is 0 Å². The van der Waals surface area contributed by atoms with Gasteiger partial charge in [-0.25, -0.2) is 0 Å². The molecule has 0 saturated heterocycles. The molecule has 0 nitrogen and oxygen atoms in total. The van der Waals surface area contributed by atoms with Crippen LogP contribution in [0.5, 0.6) is 0 Å². The molecule has 0 N–H and O–H groups in total. The lowest BCUT2D eigenvalue weighted by Crippen LogP contribution is -2.17. The van der Waals surface area contributed by atoms with Crippen molar-refractivity contribution in [3.8, 4) is 44.5 Å². The maximum Gasteiger partial charge on any atom is 0.0434 e. The van der Waals surface area contributed by atoms with Gasteiger partial charge in [0, 0.05) is 31.2 Å². The number of hydrogen-bond acceptors (Lipinski definition) is 1.